The lowest BCUT2D eigenvalue weighted by Gasteiger charge is -2.06. The first kappa shape index (κ1) is 13.7. The highest BCUT2D eigenvalue weighted by Gasteiger charge is 2.08. The van der Waals surface area contributed by atoms with E-state index in [1.807, 2.05) is 0 Å². The number of benzene rings is 1. The predicted molar refractivity (Wildman–Crippen MR) is 68.8 cm³/mol. The van der Waals surface area contributed by atoms with Crippen molar-refractivity contribution in [3.05, 3.63) is 65.2 Å². The Hall–Kier alpha value is -2.76. The first-order valence-corrected chi connectivity index (χ1v) is 5.78. The molecular formula is C14H11FN2O3. The Balaban J connectivity index is 2.03. The molecule has 0 fully saturated rings. The van der Waals surface area contributed by atoms with E-state index in [-0.39, 0.29) is 17.7 Å². The quantitative estimate of drug-likeness (QED) is 0.834. The molecule has 0 saturated carbocycles. The van der Waals surface area contributed by atoms with E-state index in [2.05, 4.69) is 10.3 Å². The van der Waals surface area contributed by atoms with E-state index in [1.54, 1.807) is 12.1 Å². The van der Waals surface area contributed by atoms with E-state index in [0.29, 0.717) is 5.56 Å². The van der Waals surface area contributed by atoms with Crippen LogP contribution in [0, 0.1) is 5.95 Å². The monoisotopic (exact) mass is 274 g/mol. The molecule has 0 aliphatic heterocycles. The lowest BCUT2D eigenvalue weighted by molar-refractivity contribution is 0.0696. The summed E-state index contributed by atoms with van der Waals surface area (Å²) in [5.41, 5.74) is 0.950. The van der Waals surface area contributed by atoms with E-state index in [4.69, 9.17) is 5.11 Å². The standard InChI is InChI=1S/C14H11FN2O3/c15-12-7-10(4-5-16-12)13(18)17-8-9-2-1-3-11(6-9)14(19)20/h1-7H,8H2,(H,17,18)(H,19,20). The zero-order valence-electron chi connectivity index (χ0n) is 10.3. The first-order chi connectivity index (χ1) is 9.56. The van der Waals surface area contributed by atoms with Gasteiger partial charge in [-0.2, -0.15) is 4.39 Å². The Morgan fingerprint density at radius 1 is 1.20 bits per heavy atom. The Kier molecular flexibility index (Phi) is 4.05. The van der Waals surface area contributed by atoms with E-state index < -0.39 is 17.8 Å². The summed E-state index contributed by atoms with van der Waals surface area (Å²) in [5.74, 6) is -2.22. The number of pyridine rings is 1. The Bertz CT molecular complexity index is 658. The van der Waals surface area contributed by atoms with Crippen LogP contribution in [-0.4, -0.2) is 22.0 Å². The van der Waals surface area contributed by atoms with E-state index >= 15 is 0 Å². The maximum atomic E-state index is 12.9. The summed E-state index contributed by atoms with van der Waals surface area (Å²) in [6.45, 7) is 0.157. The molecule has 6 heteroatoms. The summed E-state index contributed by atoms with van der Waals surface area (Å²) in [5, 5.41) is 11.4. The zero-order valence-corrected chi connectivity index (χ0v) is 10.3. The van der Waals surface area contributed by atoms with Crippen LogP contribution in [0.2, 0.25) is 0 Å². The third-order valence-corrected chi connectivity index (χ3v) is 2.62. The van der Waals surface area contributed by atoms with Crippen molar-refractivity contribution in [2.24, 2.45) is 0 Å². The van der Waals surface area contributed by atoms with Crippen LogP contribution >= 0.6 is 0 Å². The van der Waals surface area contributed by atoms with Gasteiger partial charge < -0.3 is 10.4 Å². The fourth-order valence-corrected chi connectivity index (χ4v) is 1.64. The lowest BCUT2D eigenvalue weighted by Crippen LogP contribution is -2.23. The van der Waals surface area contributed by atoms with Gasteiger partial charge in [-0.05, 0) is 23.8 Å². The van der Waals surface area contributed by atoms with E-state index in [1.165, 1.54) is 24.4 Å². The molecule has 20 heavy (non-hydrogen) atoms. The largest absolute Gasteiger partial charge is 0.478 e. The molecule has 102 valence electrons. The van der Waals surface area contributed by atoms with Crippen molar-refractivity contribution in [3.8, 4) is 0 Å². The summed E-state index contributed by atoms with van der Waals surface area (Å²) in [6, 6.07) is 8.65. The second-order valence-corrected chi connectivity index (χ2v) is 4.06. The van der Waals surface area contributed by atoms with Crippen molar-refractivity contribution < 1.29 is 19.1 Å². The zero-order chi connectivity index (χ0) is 14.5. The number of carbonyl (C=O) groups excluding carboxylic acids is 1. The van der Waals surface area contributed by atoms with Crippen LogP contribution in [0.1, 0.15) is 26.3 Å². The number of carbonyl (C=O) groups is 2. The summed E-state index contributed by atoms with van der Waals surface area (Å²) in [6.07, 6.45) is 1.20. The normalized spacial score (nSPS) is 10.1. The molecule has 0 radical (unpaired) electrons. The van der Waals surface area contributed by atoms with Crippen molar-refractivity contribution in [1.29, 1.82) is 0 Å². The summed E-state index contributed by atoms with van der Waals surface area (Å²) < 4.78 is 12.9. The lowest BCUT2D eigenvalue weighted by atomic mass is 10.1. The number of nitrogens with zero attached hydrogens (tertiary/aromatic N) is 1. The topological polar surface area (TPSA) is 79.3 Å². The Morgan fingerprint density at radius 3 is 2.70 bits per heavy atom. The number of aromatic carboxylic acids is 1. The van der Waals surface area contributed by atoms with Crippen molar-refractivity contribution in [1.82, 2.24) is 10.3 Å². The SMILES string of the molecule is O=C(O)c1cccc(CNC(=O)c2ccnc(F)c2)c1. The van der Waals surface area contributed by atoms with Crippen LogP contribution in [0.25, 0.3) is 0 Å². The minimum absolute atomic E-state index is 0.145. The molecule has 0 atom stereocenters. The molecule has 0 saturated heterocycles. The maximum absolute atomic E-state index is 12.9. The third kappa shape index (κ3) is 3.38. The number of halogens is 1. The number of rotatable bonds is 4. The number of hydrogen-bond acceptors (Lipinski definition) is 3. The highest BCUT2D eigenvalue weighted by Crippen LogP contribution is 2.06. The van der Waals surface area contributed by atoms with Gasteiger partial charge in [0.15, 0.2) is 0 Å². The number of aromatic nitrogens is 1. The molecule has 2 aromatic rings. The fourth-order valence-electron chi connectivity index (χ4n) is 1.64. The number of hydrogen-bond donors (Lipinski definition) is 2. The van der Waals surface area contributed by atoms with Crippen molar-refractivity contribution in [2.75, 3.05) is 0 Å². The highest BCUT2D eigenvalue weighted by molar-refractivity contribution is 5.94. The van der Waals surface area contributed by atoms with Crippen molar-refractivity contribution in [2.45, 2.75) is 6.54 Å². The fraction of sp³-hybridized carbons (Fsp3) is 0.0714. The Labute approximate surface area is 114 Å². The van der Waals surface area contributed by atoms with Crippen LogP contribution in [0.15, 0.2) is 42.6 Å². The number of carboxylic acid groups (broad SMARTS) is 1. The number of amides is 1. The molecule has 2 N–H and O–H groups in total. The molecule has 1 aromatic heterocycles. The number of nitrogens with one attached hydrogen (secondary N) is 1. The molecule has 0 unspecified atom stereocenters. The molecule has 1 amide bonds. The molecule has 0 spiro atoms. The van der Waals surface area contributed by atoms with Gasteiger partial charge >= 0.3 is 5.97 Å². The Morgan fingerprint density at radius 2 is 2.00 bits per heavy atom. The average Bonchev–Trinajstić information content (AvgIpc) is 2.45. The molecule has 2 rings (SSSR count). The smallest absolute Gasteiger partial charge is 0.335 e. The van der Waals surface area contributed by atoms with Crippen molar-refractivity contribution >= 4 is 11.9 Å². The second-order valence-electron chi connectivity index (χ2n) is 4.06. The molecule has 0 aliphatic rings. The summed E-state index contributed by atoms with van der Waals surface area (Å²) >= 11 is 0. The summed E-state index contributed by atoms with van der Waals surface area (Å²) in [7, 11) is 0. The molecule has 5 nitrogen and oxygen atoms in total. The van der Waals surface area contributed by atoms with Gasteiger partial charge in [0, 0.05) is 24.4 Å². The van der Waals surface area contributed by atoms with Crippen LogP contribution in [0.4, 0.5) is 4.39 Å². The van der Waals surface area contributed by atoms with Gasteiger partial charge in [0.2, 0.25) is 5.95 Å². The molecule has 0 bridgehead atoms. The minimum atomic E-state index is -1.03. The predicted octanol–water partition coefficient (Wildman–Crippen LogP) is 1.85. The van der Waals surface area contributed by atoms with Gasteiger partial charge in [0.1, 0.15) is 0 Å². The van der Waals surface area contributed by atoms with Gasteiger partial charge in [0.25, 0.3) is 5.91 Å². The van der Waals surface area contributed by atoms with Gasteiger partial charge in [-0.3, -0.25) is 4.79 Å². The average molecular weight is 274 g/mol. The number of carboxylic acids is 1. The molecule has 1 heterocycles. The van der Waals surface area contributed by atoms with Crippen LogP contribution < -0.4 is 5.32 Å². The second kappa shape index (κ2) is 5.92. The van der Waals surface area contributed by atoms with Gasteiger partial charge in [0.05, 0.1) is 5.56 Å². The van der Waals surface area contributed by atoms with E-state index in [9.17, 15) is 14.0 Å². The van der Waals surface area contributed by atoms with Crippen LogP contribution in [0.5, 0.6) is 0 Å². The van der Waals surface area contributed by atoms with Crippen LogP contribution in [-0.2, 0) is 6.54 Å². The third-order valence-electron chi connectivity index (χ3n) is 2.62. The molecular weight excluding hydrogens is 263 g/mol. The maximum Gasteiger partial charge on any atom is 0.335 e. The van der Waals surface area contributed by atoms with Gasteiger partial charge in [-0.15, -0.1) is 0 Å². The van der Waals surface area contributed by atoms with Gasteiger partial charge in [-0.1, -0.05) is 12.1 Å². The minimum Gasteiger partial charge on any atom is -0.478 e. The summed E-state index contributed by atoms with van der Waals surface area (Å²) in [4.78, 5) is 25.9. The van der Waals surface area contributed by atoms with Crippen LogP contribution in [0.3, 0.4) is 0 Å². The highest BCUT2D eigenvalue weighted by atomic mass is 19.1. The molecule has 0 aliphatic carbocycles. The first-order valence-electron chi connectivity index (χ1n) is 5.78. The molecule has 1 aromatic carbocycles. The van der Waals surface area contributed by atoms with Crippen molar-refractivity contribution in [3.63, 3.8) is 0 Å². The van der Waals surface area contributed by atoms with Gasteiger partial charge in [-0.25, -0.2) is 9.78 Å². The van der Waals surface area contributed by atoms with E-state index in [0.717, 1.165) is 6.07 Å².